The molecule has 1 aliphatic heterocycles. The molecular formula is C11H12Br2N2O4. The van der Waals surface area contributed by atoms with E-state index >= 15 is 0 Å². The molecule has 0 radical (unpaired) electrons. The van der Waals surface area contributed by atoms with Crippen molar-refractivity contribution in [1.82, 2.24) is 9.55 Å². The molecule has 19 heavy (non-hydrogen) atoms. The SMILES string of the molecule is C=COC[C@H]1O[C@@H](n2cc(Br)c(=O)[nH]c2=O)C[C@@H]1Br. The molecule has 0 spiro atoms. The first-order valence-electron chi connectivity index (χ1n) is 5.56. The maximum Gasteiger partial charge on any atom is 0.330 e. The third-order valence-electron chi connectivity index (χ3n) is 2.78. The van der Waals surface area contributed by atoms with Crippen LogP contribution in [0.5, 0.6) is 0 Å². The van der Waals surface area contributed by atoms with Gasteiger partial charge in [0.05, 0.1) is 10.7 Å². The average molecular weight is 396 g/mol. The summed E-state index contributed by atoms with van der Waals surface area (Å²) in [5, 5.41) is 0. The first-order valence-corrected chi connectivity index (χ1v) is 7.26. The lowest BCUT2D eigenvalue weighted by Crippen LogP contribution is -2.32. The van der Waals surface area contributed by atoms with E-state index in [4.69, 9.17) is 9.47 Å². The maximum atomic E-state index is 11.8. The van der Waals surface area contributed by atoms with E-state index in [-0.39, 0.29) is 15.4 Å². The molecule has 2 rings (SSSR count). The molecule has 0 amide bonds. The summed E-state index contributed by atoms with van der Waals surface area (Å²) in [6.07, 6.45) is 2.76. The molecule has 1 N–H and O–H groups in total. The standard InChI is InChI=1S/C11H12Br2N2O4/c1-2-18-5-8-6(12)3-9(19-8)15-4-7(13)10(16)14-11(15)17/h2,4,6,8-9H,1,3,5H2,(H,14,16,17)/t6-,8+,9+/m0/s1. The van der Waals surface area contributed by atoms with Crippen LogP contribution in [0.15, 0.2) is 33.1 Å². The molecule has 104 valence electrons. The molecule has 0 unspecified atom stereocenters. The Kier molecular flexibility index (Phi) is 4.64. The van der Waals surface area contributed by atoms with Crippen LogP contribution in [0, 0.1) is 0 Å². The Morgan fingerprint density at radius 3 is 3.05 bits per heavy atom. The van der Waals surface area contributed by atoms with Crippen molar-refractivity contribution in [2.45, 2.75) is 23.6 Å². The largest absolute Gasteiger partial charge is 0.499 e. The van der Waals surface area contributed by atoms with E-state index in [0.29, 0.717) is 13.0 Å². The third-order valence-corrected chi connectivity index (χ3v) is 4.30. The smallest absolute Gasteiger partial charge is 0.330 e. The second-order valence-corrected chi connectivity index (χ2v) is 6.05. The zero-order chi connectivity index (χ0) is 14.0. The first kappa shape index (κ1) is 14.5. The molecule has 1 fully saturated rings. The Bertz CT molecular complexity index is 583. The Labute approximate surface area is 125 Å². The normalized spacial score (nSPS) is 26.3. The van der Waals surface area contributed by atoms with Crippen LogP contribution in [-0.2, 0) is 9.47 Å². The molecule has 8 heteroatoms. The predicted molar refractivity (Wildman–Crippen MR) is 76.4 cm³/mol. The van der Waals surface area contributed by atoms with Gasteiger partial charge in [-0.25, -0.2) is 4.79 Å². The number of aromatic nitrogens is 2. The van der Waals surface area contributed by atoms with Crippen LogP contribution in [0.1, 0.15) is 12.6 Å². The van der Waals surface area contributed by atoms with Crippen molar-refractivity contribution in [3.63, 3.8) is 0 Å². The van der Waals surface area contributed by atoms with E-state index in [1.165, 1.54) is 17.0 Å². The number of H-pyrrole nitrogens is 1. The topological polar surface area (TPSA) is 73.3 Å². The van der Waals surface area contributed by atoms with Gasteiger partial charge in [-0.05, 0) is 15.9 Å². The van der Waals surface area contributed by atoms with Gasteiger partial charge < -0.3 is 9.47 Å². The van der Waals surface area contributed by atoms with E-state index in [1.807, 2.05) is 0 Å². The van der Waals surface area contributed by atoms with E-state index in [0.717, 1.165) is 0 Å². The molecule has 3 atom stereocenters. The lowest BCUT2D eigenvalue weighted by atomic mass is 10.2. The quantitative estimate of drug-likeness (QED) is 0.619. The van der Waals surface area contributed by atoms with Gasteiger partial charge in [-0.15, -0.1) is 0 Å². The van der Waals surface area contributed by atoms with Gasteiger partial charge in [0.1, 0.15) is 18.9 Å². The lowest BCUT2D eigenvalue weighted by Gasteiger charge is -2.15. The summed E-state index contributed by atoms with van der Waals surface area (Å²) >= 11 is 6.58. The Balaban J connectivity index is 2.20. The van der Waals surface area contributed by atoms with Crippen molar-refractivity contribution in [3.8, 4) is 0 Å². The highest BCUT2D eigenvalue weighted by atomic mass is 79.9. The van der Waals surface area contributed by atoms with Crippen molar-refractivity contribution in [2.24, 2.45) is 0 Å². The highest BCUT2D eigenvalue weighted by Gasteiger charge is 2.35. The van der Waals surface area contributed by atoms with Gasteiger partial charge in [0.15, 0.2) is 0 Å². The number of alkyl halides is 1. The van der Waals surface area contributed by atoms with Gasteiger partial charge in [0, 0.05) is 17.4 Å². The molecule has 6 nitrogen and oxygen atoms in total. The first-order chi connectivity index (χ1) is 9.02. The average Bonchev–Trinajstić information content (AvgIpc) is 2.72. The Morgan fingerprint density at radius 2 is 2.37 bits per heavy atom. The predicted octanol–water partition coefficient (Wildman–Crippen LogP) is 1.51. The van der Waals surface area contributed by atoms with E-state index in [9.17, 15) is 9.59 Å². The second-order valence-electron chi connectivity index (χ2n) is 4.02. The van der Waals surface area contributed by atoms with Gasteiger partial charge in [-0.2, -0.15) is 0 Å². The van der Waals surface area contributed by atoms with Crippen molar-refractivity contribution >= 4 is 31.9 Å². The van der Waals surface area contributed by atoms with Crippen molar-refractivity contribution in [1.29, 1.82) is 0 Å². The highest BCUT2D eigenvalue weighted by Crippen LogP contribution is 2.32. The summed E-state index contributed by atoms with van der Waals surface area (Å²) < 4.78 is 12.5. The van der Waals surface area contributed by atoms with Gasteiger partial charge in [-0.3, -0.25) is 14.3 Å². The van der Waals surface area contributed by atoms with Gasteiger partial charge in [0.2, 0.25) is 0 Å². The van der Waals surface area contributed by atoms with Crippen LogP contribution < -0.4 is 11.2 Å². The molecule has 1 aliphatic rings. The summed E-state index contributed by atoms with van der Waals surface area (Å²) in [7, 11) is 0. The zero-order valence-electron chi connectivity index (χ0n) is 9.84. The summed E-state index contributed by atoms with van der Waals surface area (Å²) in [4.78, 5) is 25.3. The number of hydrogen-bond donors (Lipinski definition) is 1. The molecule has 1 aromatic rings. The molecule has 1 saturated heterocycles. The van der Waals surface area contributed by atoms with Crippen LogP contribution in [-0.4, -0.2) is 27.1 Å². The molecule has 2 heterocycles. The Hall–Kier alpha value is -0.860. The van der Waals surface area contributed by atoms with E-state index in [1.54, 1.807) is 0 Å². The van der Waals surface area contributed by atoms with Crippen molar-refractivity contribution in [3.05, 3.63) is 44.3 Å². The highest BCUT2D eigenvalue weighted by molar-refractivity contribution is 9.10. The van der Waals surface area contributed by atoms with Crippen LogP contribution in [0.25, 0.3) is 0 Å². The monoisotopic (exact) mass is 394 g/mol. The number of aromatic amines is 1. The number of ether oxygens (including phenoxy) is 2. The fourth-order valence-corrected chi connectivity index (χ4v) is 2.76. The molecule has 0 aliphatic carbocycles. The van der Waals surface area contributed by atoms with Crippen LogP contribution in [0.2, 0.25) is 0 Å². The van der Waals surface area contributed by atoms with Crippen LogP contribution in [0.3, 0.4) is 0 Å². The number of rotatable bonds is 4. The molecule has 0 saturated carbocycles. The Morgan fingerprint density at radius 1 is 1.63 bits per heavy atom. The van der Waals surface area contributed by atoms with Gasteiger partial charge in [-0.1, -0.05) is 22.5 Å². The van der Waals surface area contributed by atoms with Crippen LogP contribution in [0.4, 0.5) is 0 Å². The number of halogens is 2. The number of nitrogens with one attached hydrogen (secondary N) is 1. The van der Waals surface area contributed by atoms with Gasteiger partial charge in [0.25, 0.3) is 5.56 Å². The second kappa shape index (κ2) is 6.06. The van der Waals surface area contributed by atoms with E-state index in [2.05, 4.69) is 43.4 Å². The minimum atomic E-state index is -0.497. The number of hydrogen-bond acceptors (Lipinski definition) is 4. The number of nitrogens with zero attached hydrogens (tertiary/aromatic N) is 1. The molecule has 0 aromatic carbocycles. The summed E-state index contributed by atoms with van der Waals surface area (Å²) in [6, 6.07) is 0. The summed E-state index contributed by atoms with van der Waals surface area (Å²) in [5.74, 6) is 0. The van der Waals surface area contributed by atoms with E-state index < -0.39 is 17.5 Å². The molecular weight excluding hydrogens is 384 g/mol. The third kappa shape index (κ3) is 3.18. The lowest BCUT2D eigenvalue weighted by molar-refractivity contribution is -0.0262. The summed E-state index contributed by atoms with van der Waals surface area (Å²) in [6.45, 7) is 3.82. The van der Waals surface area contributed by atoms with Crippen molar-refractivity contribution < 1.29 is 9.47 Å². The van der Waals surface area contributed by atoms with Crippen molar-refractivity contribution in [2.75, 3.05) is 6.61 Å². The van der Waals surface area contributed by atoms with Crippen LogP contribution >= 0.6 is 31.9 Å². The molecule has 0 bridgehead atoms. The fraction of sp³-hybridized carbons (Fsp3) is 0.455. The van der Waals surface area contributed by atoms with Gasteiger partial charge >= 0.3 is 5.69 Å². The maximum absolute atomic E-state index is 11.8. The minimum absolute atomic E-state index is 0.0649. The minimum Gasteiger partial charge on any atom is -0.499 e. The summed E-state index contributed by atoms with van der Waals surface area (Å²) in [5.41, 5.74) is -0.954. The zero-order valence-corrected chi connectivity index (χ0v) is 13.0. The molecule has 1 aromatic heterocycles. The fourth-order valence-electron chi connectivity index (χ4n) is 1.85.